The lowest BCUT2D eigenvalue weighted by atomic mass is 10.1. The second kappa shape index (κ2) is 5.97. The van der Waals surface area contributed by atoms with E-state index in [1.54, 1.807) is 54.6 Å². The monoisotopic (exact) mass is 344 g/mol. The third kappa shape index (κ3) is 2.46. The average molecular weight is 344 g/mol. The van der Waals surface area contributed by atoms with Crippen LogP contribution in [0.1, 0.15) is 36.8 Å². The smallest absolute Gasteiger partial charge is 0.336 e. The number of benzene rings is 2. The third-order valence-electron chi connectivity index (χ3n) is 4.24. The van der Waals surface area contributed by atoms with Crippen LogP contribution in [0.2, 0.25) is 0 Å². The maximum Gasteiger partial charge on any atom is 0.336 e. The molecule has 4 rings (SSSR count). The first kappa shape index (κ1) is 15.8. The van der Waals surface area contributed by atoms with Crippen molar-refractivity contribution in [2.24, 2.45) is 0 Å². The molecule has 0 saturated heterocycles. The van der Waals surface area contributed by atoms with Crippen LogP contribution >= 0.6 is 0 Å². The van der Waals surface area contributed by atoms with Crippen LogP contribution in [0, 0.1) is 0 Å². The summed E-state index contributed by atoms with van der Waals surface area (Å²) in [4.78, 5) is 36.2. The molecular weight excluding hydrogens is 332 g/mol. The first-order chi connectivity index (χ1) is 12.6. The van der Waals surface area contributed by atoms with Gasteiger partial charge < -0.3 is 9.52 Å². The van der Waals surface area contributed by atoms with E-state index in [-0.39, 0.29) is 22.7 Å². The molecular formula is C21H12O5. The highest BCUT2D eigenvalue weighted by molar-refractivity contribution is 6.41. The number of carbonyl (C=O) groups is 3. The van der Waals surface area contributed by atoms with Gasteiger partial charge in [0.15, 0.2) is 11.6 Å². The van der Waals surface area contributed by atoms with Crippen molar-refractivity contribution in [3.05, 3.63) is 88.7 Å². The Morgan fingerprint density at radius 3 is 2.00 bits per heavy atom. The highest BCUT2D eigenvalue weighted by Crippen LogP contribution is 2.30. The quantitative estimate of drug-likeness (QED) is 0.571. The van der Waals surface area contributed by atoms with E-state index < -0.39 is 5.97 Å². The van der Waals surface area contributed by atoms with Gasteiger partial charge in [-0.3, -0.25) is 9.59 Å². The Hall–Kier alpha value is -3.73. The van der Waals surface area contributed by atoms with Gasteiger partial charge in [-0.05, 0) is 24.3 Å². The summed E-state index contributed by atoms with van der Waals surface area (Å²) >= 11 is 0. The van der Waals surface area contributed by atoms with Crippen molar-refractivity contribution in [2.45, 2.75) is 0 Å². The SMILES string of the molecule is O=C1C(=Cc2ccc(-c3ccccc3C(=O)O)o2)C(=O)c2ccccc21. The maximum absolute atomic E-state index is 12.4. The first-order valence-corrected chi connectivity index (χ1v) is 7.89. The summed E-state index contributed by atoms with van der Waals surface area (Å²) in [6.07, 6.45) is 1.40. The molecule has 1 aliphatic rings. The Bertz CT molecular complexity index is 1060. The Labute approximate surface area is 148 Å². The zero-order chi connectivity index (χ0) is 18.3. The molecule has 1 heterocycles. The lowest BCUT2D eigenvalue weighted by molar-refractivity contribution is 0.0697. The first-order valence-electron chi connectivity index (χ1n) is 7.89. The third-order valence-corrected chi connectivity index (χ3v) is 4.24. The predicted octanol–water partition coefficient (Wildman–Crippen LogP) is 4.11. The lowest BCUT2D eigenvalue weighted by Crippen LogP contribution is -1.99. The number of carboxylic acid groups (broad SMARTS) is 1. The topological polar surface area (TPSA) is 84.6 Å². The minimum atomic E-state index is -1.06. The molecule has 1 aliphatic carbocycles. The second-order valence-corrected chi connectivity index (χ2v) is 5.81. The molecule has 1 N–H and O–H groups in total. The Kier molecular flexibility index (Phi) is 3.62. The number of fused-ring (bicyclic) bond motifs is 1. The molecule has 0 unspecified atom stereocenters. The van der Waals surface area contributed by atoms with Gasteiger partial charge in [-0.1, -0.05) is 42.5 Å². The van der Waals surface area contributed by atoms with Gasteiger partial charge in [0, 0.05) is 16.7 Å². The van der Waals surface area contributed by atoms with Crippen molar-refractivity contribution < 1.29 is 23.9 Å². The van der Waals surface area contributed by atoms with E-state index in [0.717, 1.165) is 0 Å². The molecule has 126 valence electrons. The number of furan rings is 1. The summed E-state index contributed by atoms with van der Waals surface area (Å²) in [5.41, 5.74) is 1.34. The molecule has 1 aromatic heterocycles. The number of hydrogen-bond donors (Lipinski definition) is 1. The zero-order valence-corrected chi connectivity index (χ0v) is 13.4. The van der Waals surface area contributed by atoms with E-state index >= 15 is 0 Å². The van der Waals surface area contributed by atoms with Crippen molar-refractivity contribution >= 4 is 23.6 Å². The van der Waals surface area contributed by atoms with Crippen molar-refractivity contribution in [3.63, 3.8) is 0 Å². The summed E-state index contributed by atoms with van der Waals surface area (Å²) in [6.45, 7) is 0. The largest absolute Gasteiger partial charge is 0.478 e. The van der Waals surface area contributed by atoms with E-state index in [2.05, 4.69) is 0 Å². The maximum atomic E-state index is 12.4. The van der Waals surface area contributed by atoms with Crippen LogP contribution < -0.4 is 0 Å². The van der Waals surface area contributed by atoms with E-state index in [9.17, 15) is 19.5 Å². The van der Waals surface area contributed by atoms with Crippen LogP contribution in [0.25, 0.3) is 17.4 Å². The van der Waals surface area contributed by atoms with Crippen molar-refractivity contribution in [1.29, 1.82) is 0 Å². The van der Waals surface area contributed by atoms with E-state index in [4.69, 9.17) is 4.42 Å². The average Bonchev–Trinajstić information content (AvgIpc) is 3.21. The molecule has 2 aromatic carbocycles. The lowest BCUT2D eigenvalue weighted by Gasteiger charge is -2.02. The number of Topliss-reactive ketones (excluding diaryl/α,β-unsaturated/α-hetero) is 2. The van der Waals surface area contributed by atoms with Crippen LogP contribution in [0.15, 0.2) is 70.7 Å². The van der Waals surface area contributed by atoms with Gasteiger partial charge in [-0.15, -0.1) is 0 Å². The van der Waals surface area contributed by atoms with Gasteiger partial charge in [-0.2, -0.15) is 0 Å². The van der Waals surface area contributed by atoms with Gasteiger partial charge in [0.1, 0.15) is 11.5 Å². The van der Waals surface area contributed by atoms with Gasteiger partial charge in [0.25, 0.3) is 0 Å². The van der Waals surface area contributed by atoms with Crippen molar-refractivity contribution in [3.8, 4) is 11.3 Å². The summed E-state index contributed by atoms with van der Waals surface area (Å²) in [5.74, 6) is -1.08. The summed E-state index contributed by atoms with van der Waals surface area (Å²) in [7, 11) is 0. The summed E-state index contributed by atoms with van der Waals surface area (Å²) in [5, 5.41) is 9.29. The van der Waals surface area contributed by atoms with E-state index in [1.807, 2.05) is 0 Å². The van der Waals surface area contributed by atoms with Gasteiger partial charge >= 0.3 is 5.97 Å². The standard InChI is InChI=1S/C21H12O5/c22-19-14-6-2-3-7-15(14)20(23)17(19)11-12-9-10-18(26-12)13-5-1-4-8-16(13)21(24)25/h1-11H,(H,24,25). The fourth-order valence-electron chi connectivity index (χ4n) is 3.01. The van der Waals surface area contributed by atoms with E-state index in [0.29, 0.717) is 28.2 Å². The summed E-state index contributed by atoms with van der Waals surface area (Å²) < 4.78 is 5.67. The number of carboxylic acids is 1. The van der Waals surface area contributed by atoms with Crippen LogP contribution in [0.5, 0.6) is 0 Å². The Balaban J connectivity index is 1.73. The van der Waals surface area contributed by atoms with Crippen LogP contribution in [0.3, 0.4) is 0 Å². The number of ketones is 2. The number of rotatable bonds is 3. The van der Waals surface area contributed by atoms with Gasteiger partial charge in [0.05, 0.1) is 11.1 Å². The molecule has 3 aromatic rings. The molecule has 0 saturated carbocycles. The highest BCUT2D eigenvalue weighted by Gasteiger charge is 2.32. The van der Waals surface area contributed by atoms with Crippen LogP contribution in [-0.4, -0.2) is 22.6 Å². The number of carbonyl (C=O) groups excluding carboxylic acids is 2. The minimum Gasteiger partial charge on any atom is -0.478 e. The Morgan fingerprint density at radius 2 is 1.38 bits per heavy atom. The van der Waals surface area contributed by atoms with Crippen molar-refractivity contribution in [1.82, 2.24) is 0 Å². The number of allylic oxidation sites excluding steroid dienone is 1. The van der Waals surface area contributed by atoms with Crippen LogP contribution in [0.4, 0.5) is 0 Å². The highest BCUT2D eigenvalue weighted by atomic mass is 16.4. The second-order valence-electron chi connectivity index (χ2n) is 5.81. The molecule has 0 aliphatic heterocycles. The predicted molar refractivity (Wildman–Crippen MR) is 94.2 cm³/mol. The van der Waals surface area contributed by atoms with Crippen molar-refractivity contribution in [2.75, 3.05) is 0 Å². The van der Waals surface area contributed by atoms with Gasteiger partial charge in [0.2, 0.25) is 0 Å². The normalized spacial score (nSPS) is 13.0. The molecule has 5 nitrogen and oxygen atoms in total. The molecule has 0 bridgehead atoms. The zero-order valence-electron chi connectivity index (χ0n) is 13.4. The molecule has 0 atom stereocenters. The van der Waals surface area contributed by atoms with Crippen LogP contribution in [-0.2, 0) is 0 Å². The number of aromatic carboxylic acids is 1. The molecule has 26 heavy (non-hydrogen) atoms. The molecule has 5 heteroatoms. The molecule has 0 spiro atoms. The molecule has 0 amide bonds. The summed E-state index contributed by atoms with van der Waals surface area (Å²) in [6, 6.07) is 16.3. The molecule has 0 radical (unpaired) electrons. The Morgan fingerprint density at radius 1 is 0.808 bits per heavy atom. The van der Waals surface area contributed by atoms with Gasteiger partial charge in [-0.25, -0.2) is 4.79 Å². The fraction of sp³-hybridized carbons (Fsp3) is 0. The van der Waals surface area contributed by atoms with E-state index in [1.165, 1.54) is 12.1 Å². The molecule has 0 fully saturated rings. The fourth-order valence-corrected chi connectivity index (χ4v) is 3.01. The minimum absolute atomic E-state index is 0.0404. The number of hydrogen-bond acceptors (Lipinski definition) is 4.